The van der Waals surface area contributed by atoms with Crippen molar-refractivity contribution < 1.29 is 4.79 Å². The van der Waals surface area contributed by atoms with Gasteiger partial charge in [-0.2, -0.15) is 0 Å². The molecule has 1 aromatic heterocycles. The molecule has 0 spiro atoms. The van der Waals surface area contributed by atoms with Crippen molar-refractivity contribution in [2.45, 2.75) is 32.1 Å². The zero-order valence-corrected chi connectivity index (χ0v) is 15.3. The number of hydrogen-bond donors (Lipinski definition) is 1. The van der Waals surface area contributed by atoms with Crippen molar-refractivity contribution in [3.63, 3.8) is 0 Å². The lowest BCUT2D eigenvalue weighted by Crippen LogP contribution is -2.16. The molecular weight excluding hydrogens is 334 g/mol. The second-order valence-electron chi connectivity index (χ2n) is 7.09. The van der Waals surface area contributed by atoms with Gasteiger partial charge in [0.2, 0.25) is 0 Å². The van der Waals surface area contributed by atoms with E-state index in [0.717, 1.165) is 23.4 Å². The number of anilines is 1. The molecular formula is C23H23N3O. The van der Waals surface area contributed by atoms with E-state index in [1.807, 2.05) is 48.5 Å². The van der Waals surface area contributed by atoms with E-state index in [1.165, 1.54) is 25.7 Å². The fourth-order valence-electron chi connectivity index (χ4n) is 3.68. The molecule has 4 rings (SSSR count). The number of carbonyl (C=O) groups is 1. The third-order valence-corrected chi connectivity index (χ3v) is 5.14. The summed E-state index contributed by atoms with van der Waals surface area (Å²) in [6, 6.07) is 19.3. The van der Waals surface area contributed by atoms with Crippen molar-refractivity contribution in [2.75, 3.05) is 5.32 Å². The average Bonchev–Trinajstić information content (AvgIpc) is 3.24. The molecule has 1 fully saturated rings. The van der Waals surface area contributed by atoms with Crippen LogP contribution in [0.15, 0.2) is 66.9 Å². The van der Waals surface area contributed by atoms with Crippen molar-refractivity contribution in [3.05, 3.63) is 78.1 Å². The molecule has 0 unspecified atom stereocenters. The van der Waals surface area contributed by atoms with E-state index in [9.17, 15) is 4.79 Å². The van der Waals surface area contributed by atoms with Gasteiger partial charge in [-0.1, -0.05) is 74.2 Å². The highest BCUT2D eigenvalue weighted by molar-refractivity contribution is 6.04. The zero-order chi connectivity index (χ0) is 18.5. The lowest BCUT2D eigenvalue weighted by atomic mass is 10.0. The van der Waals surface area contributed by atoms with E-state index in [-0.39, 0.29) is 5.91 Å². The summed E-state index contributed by atoms with van der Waals surface area (Å²) in [5, 5.41) is 2.97. The monoisotopic (exact) mass is 357 g/mol. The van der Waals surface area contributed by atoms with E-state index < -0.39 is 0 Å². The molecule has 0 atom stereocenters. The summed E-state index contributed by atoms with van der Waals surface area (Å²) >= 11 is 0. The third kappa shape index (κ3) is 4.22. The Labute approximate surface area is 159 Å². The maximum absolute atomic E-state index is 12.6. The number of aromatic nitrogens is 2. The Morgan fingerprint density at radius 1 is 0.963 bits per heavy atom. The van der Waals surface area contributed by atoms with Crippen LogP contribution in [0.4, 0.5) is 5.82 Å². The standard InChI is InChI=1S/C23H23N3O/c27-23(19-13-5-2-6-14-19)26-22-20(15-17-9-7-8-10-17)25-21(16-24-22)18-11-3-1-4-12-18/h1-6,11-14,16-17H,7-10,15H2,(H,24,26,27). The lowest BCUT2D eigenvalue weighted by Gasteiger charge is -2.14. The molecule has 27 heavy (non-hydrogen) atoms. The Morgan fingerprint density at radius 2 is 1.63 bits per heavy atom. The number of hydrogen-bond acceptors (Lipinski definition) is 3. The summed E-state index contributed by atoms with van der Waals surface area (Å²) in [4.78, 5) is 22.0. The van der Waals surface area contributed by atoms with Gasteiger partial charge in [-0.15, -0.1) is 0 Å². The topological polar surface area (TPSA) is 54.9 Å². The molecule has 136 valence electrons. The average molecular weight is 357 g/mol. The second kappa shape index (κ2) is 8.12. The van der Waals surface area contributed by atoms with Crippen LogP contribution in [0.3, 0.4) is 0 Å². The number of rotatable bonds is 5. The smallest absolute Gasteiger partial charge is 0.256 e. The summed E-state index contributed by atoms with van der Waals surface area (Å²) < 4.78 is 0. The fourth-order valence-corrected chi connectivity index (χ4v) is 3.68. The van der Waals surface area contributed by atoms with E-state index in [4.69, 9.17) is 4.98 Å². The maximum Gasteiger partial charge on any atom is 0.256 e. The molecule has 1 aliphatic carbocycles. The number of nitrogens with one attached hydrogen (secondary N) is 1. The first-order chi connectivity index (χ1) is 13.3. The molecule has 1 amide bonds. The number of carbonyl (C=O) groups excluding carboxylic acids is 1. The van der Waals surface area contributed by atoms with Gasteiger partial charge in [0.25, 0.3) is 5.91 Å². The summed E-state index contributed by atoms with van der Waals surface area (Å²) in [5.41, 5.74) is 3.39. The Kier molecular flexibility index (Phi) is 5.24. The van der Waals surface area contributed by atoms with Gasteiger partial charge < -0.3 is 5.32 Å². The van der Waals surface area contributed by atoms with E-state index in [2.05, 4.69) is 10.3 Å². The van der Waals surface area contributed by atoms with Crippen LogP contribution in [-0.2, 0) is 6.42 Å². The van der Waals surface area contributed by atoms with Crippen LogP contribution in [-0.4, -0.2) is 15.9 Å². The summed E-state index contributed by atoms with van der Waals surface area (Å²) in [6.07, 6.45) is 7.61. The van der Waals surface area contributed by atoms with Gasteiger partial charge in [-0.25, -0.2) is 9.97 Å². The predicted octanol–water partition coefficient (Wildman–Crippen LogP) is 5.13. The van der Waals surface area contributed by atoms with Gasteiger partial charge >= 0.3 is 0 Å². The van der Waals surface area contributed by atoms with E-state index in [1.54, 1.807) is 18.3 Å². The molecule has 1 N–H and O–H groups in total. The van der Waals surface area contributed by atoms with Crippen LogP contribution in [0, 0.1) is 5.92 Å². The van der Waals surface area contributed by atoms with Gasteiger partial charge in [-0.3, -0.25) is 4.79 Å². The molecule has 3 aromatic rings. The van der Waals surface area contributed by atoms with Crippen molar-refractivity contribution in [1.82, 2.24) is 9.97 Å². The normalized spacial score (nSPS) is 14.2. The minimum atomic E-state index is -0.148. The third-order valence-electron chi connectivity index (χ3n) is 5.14. The van der Waals surface area contributed by atoms with Crippen LogP contribution in [0.1, 0.15) is 41.7 Å². The fraction of sp³-hybridized carbons (Fsp3) is 0.261. The molecule has 4 nitrogen and oxygen atoms in total. The first-order valence-corrected chi connectivity index (χ1v) is 9.57. The summed E-state index contributed by atoms with van der Waals surface area (Å²) in [7, 11) is 0. The Bertz CT molecular complexity index is 903. The van der Waals surface area contributed by atoms with Crippen molar-refractivity contribution >= 4 is 11.7 Å². The Hall–Kier alpha value is -3.01. The van der Waals surface area contributed by atoms with Gasteiger partial charge in [-0.05, 0) is 24.5 Å². The minimum Gasteiger partial charge on any atom is -0.305 e. The molecule has 1 saturated carbocycles. The van der Waals surface area contributed by atoms with Crippen LogP contribution >= 0.6 is 0 Å². The Balaban J connectivity index is 1.63. The summed E-state index contributed by atoms with van der Waals surface area (Å²) in [6.45, 7) is 0. The number of amides is 1. The Morgan fingerprint density at radius 3 is 2.33 bits per heavy atom. The zero-order valence-electron chi connectivity index (χ0n) is 15.3. The largest absolute Gasteiger partial charge is 0.305 e. The predicted molar refractivity (Wildman–Crippen MR) is 108 cm³/mol. The van der Waals surface area contributed by atoms with Crippen LogP contribution in [0.25, 0.3) is 11.3 Å². The molecule has 2 aromatic carbocycles. The molecule has 0 saturated heterocycles. The van der Waals surface area contributed by atoms with Crippen LogP contribution < -0.4 is 5.32 Å². The van der Waals surface area contributed by atoms with Crippen molar-refractivity contribution in [3.8, 4) is 11.3 Å². The van der Waals surface area contributed by atoms with E-state index >= 15 is 0 Å². The summed E-state index contributed by atoms with van der Waals surface area (Å²) in [5.74, 6) is 1.05. The quantitative estimate of drug-likeness (QED) is 0.689. The van der Waals surface area contributed by atoms with Gasteiger partial charge in [0.1, 0.15) is 0 Å². The van der Waals surface area contributed by atoms with Crippen LogP contribution in [0.5, 0.6) is 0 Å². The van der Waals surface area contributed by atoms with E-state index in [0.29, 0.717) is 17.3 Å². The highest BCUT2D eigenvalue weighted by Crippen LogP contribution is 2.30. The first kappa shape index (κ1) is 17.4. The molecule has 1 heterocycles. The SMILES string of the molecule is O=C(Nc1ncc(-c2ccccc2)nc1CC1CCCC1)c1ccccc1. The minimum absolute atomic E-state index is 0.148. The molecule has 0 bridgehead atoms. The van der Waals surface area contributed by atoms with Gasteiger partial charge in [0.05, 0.1) is 17.6 Å². The lowest BCUT2D eigenvalue weighted by molar-refractivity contribution is 0.102. The molecule has 0 radical (unpaired) electrons. The number of benzene rings is 2. The number of nitrogens with zero attached hydrogens (tertiary/aromatic N) is 2. The molecule has 1 aliphatic rings. The highest BCUT2D eigenvalue weighted by Gasteiger charge is 2.20. The highest BCUT2D eigenvalue weighted by atomic mass is 16.1. The first-order valence-electron chi connectivity index (χ1n) is 9.57. The maximum atomic E-state index is 12.6. The molecule has 4 heteroatoms. The second-order valence-corrected chi connectivity index (χ2v) is 7.09. The van der Waals surface area contributed by atoms with Gasteiger partial charge in [0, 0.05) is 11.1 Å². The van der Waals surface area contributed by atoms with Crippen molar-refractivity contribution in [1.29, 1.82) is 0 Å². The van der Waals surface area contributed by atoms with Gasteiger partial charge in [0.15, 0.2) is 5.82 Å². The van der Waals surface area contributed by atoms with Crippen LogP contribution in [0.2, 0.25) is 0 Å². The van der Waals surface area contributed by atoms with Crippen molar-refractivity contribution in [2.24, 2.45) is 5.92 Å². The molecule has 0 aliphatic heterocycles.